The molecule has 1 heterocycles. The average molecular weight is 202 g/mol. The van der Waals surface area contributed by atoms with E-state index in [2.05, 4.69) is 11.7 Å². The smallest absolute Gasteiger partial charge is 0.334 e. The van der Waals surface area contributed by atoms with Crippen LogP contribution in [0.2, 0.25) is 0 Å². The fraction of sp³-hybridized carbons (Fsp3) is 0.667. The molecular weight excluding hydrogens is 188 g/mol. The topological polar surface area (TPSA) is 46.5 Å². The van der Waals surface area contributed by atoms with Gasteiger partial charge in [-0.05, 0) is 12.2 Å². The summed E-state index contributed by atoms with van der Waals surface area (Å²) in [5.41, 5.74) is 0. The molecule has 0 saturated carbocycles. The van der Waals surface area contributed by atoms with E-state index in [9.17, 15) is 9.90 Å². The number of hydrogen-bond acceptors (Lipinski definition) is 4. The van der Waals surface area contributed by atoms with Crippen LogP contribution in [0.25, 0.3) is 0 Å². The molecule has 0 aromatic carbocycles. The van der Waals surface area contributed by atoms with Crippen molar-refractivity contribution in [1.29, 1.82) is 0 Å². The number of esters is 1. The molecule has 0 aromatic heterocycles. The van der Waals surface area contributed by atoms with Crippen LogP contribution in [0.3, 0.4) is 0 Å². The molecule has 0 aliphatic carbocycles. The summed E-state index contributed by atoms with van der Waals surface area (Å²) in [7, 11) is 0. The molecule has 0 spiro atoms. The largest absolute Gasteiger partial charge is 0.428 e. The molecule has 1 rings (SSSR count). The third-order valence-electron chi connectivity index (χ3n) is 1.75. The molecule has 1 atom stereocenters. The van der Waals surface area contributed by atoms with Gasteiger partial charge in [0.2, 0.25) is 6.29 Å². The Kier molecular flexibility index (Phi) is 4.32. The van der Waals surface area contributed by atoms with Gasteiger partial charge in [-0.1, -0.05) is 19.8 Å². The zero-order chi connectivity index (χ0) is 9.68. The molecular formula is C9H14O3S. The highest BCUT2D eigenvalue weighted by Gasteiger charge is 2.23. The second kappa shape index (κ2) is 5.29. The molecule has 0 fully saturated rings. The van der Waals surface area contributed by atoms with Gasteiger partial charge in [-0.3, -0.25) is 0 Å². The molecule has 13 heavy (non-hydrogen) atoms. The van der Waals surface area contributed by atoms with Crippen molar-refractivity contribution >= 4 is 17.7 Å². The number of thioether (sulfide) groups is 1. The van der Waals surface area contributed by atoms with Crippen molar-refractivity contribution in [2.75, 3.05) is 5.75 Å². The molecule has 3 nitrogen and oxygen atoms in total. The first kappa shape index (κ1) is 10.6. The van der Waals surface area contributed by atoms with Gasteiger partial charge in [0.15, 0.2) is 0 Å². The first-order chi connectivity index (χ1) is 6.24. The number of carbonyl (C=O) groups excluding carboxylic acids is 1. The zero-order valence-corrected chi connectivity index (χ0v) is 8.47. The summed E-state index contributed by atoms with van der Waals surface area (Å²) in [5.74, 6) is 0.499. The van der Waals surface area contributed by atoms with Crippen LogP contribution in [0.1, 0.15) is 26.2 Å². The van der Waals surface area contributed by atoms with Gasteiger partial charge in [-0.25, -0.2) is 4.79 Å². The standard InChI is InChI=1S/C9H14O3S/c1-2-3-4-5-13-7-6-8(10)12-9(7)11/h6,9,11H,2-5H2,1H3. The third-order valence-corrected chi connectivity index (χ3v) is 2.89. The predicted molar refractivity (Wildman–Crippen MR) is 52.2 cm³/mol. The molecule has 74 valence electrons. The van der Waals surface area contributed by atoms with E-state index in [0.717, 1.165) is 12.2 Å². The normalized spacial score (nSPS) is 21.5. The van der Waals surface area contributed by atoms with Gasteiger partial charge in [-0.2, -0.15) is 0 Å². The summed E-state index contributed by atoms with van der Waals surface area (Å²) in [4.78, 5) is 11.3. The summed E-state index contributed by atoms with van der Waals surface area (Å²) >= 11 is 1.50. The quantitative estimate of drug-likeness (QED) is 0.544. The van der Waals surface area contributed by atoms with Gasteiger partial charge in [0.05, 0.1) is 4.91 Å². The fourth-order valence-corrected chi connectivity index (χ4v) is 2.00. The fourth-order valence-electron chi connectivity index (χ4n) is 1.04. The molecule has 0 radical (unpaired) electrons. The molecule has 0 aromatic rings. The van der Waals surface area contributed by atoms with Crippen LogP contribution in [-0.4, -0.2) is 23.1 Å². The Morgan fingerprint density at radius 2 is 2.38 bits per heavy atom. The lowest BCUT2D eigenvalue weighted by Gasteiger charge is -2.05. The van der Waals surface area contributed by atoms with Gasteiger partial charge < -0.3 is 9.84 Å². The van der Waals surface area contributed by atoms with Crippen LogP contribution in [-0.2, 0) is 9.53 Å². The Morgan fingerprint density at radius 1 is 1.62 bits per heavy atom. The molecule has 1 N–H and O–H groups in total. The highest BCUT2D eigenvalue weighted by atomic mass is 32.2. The highest BCUT2D eigenvalue weighted by molar-refractivity contribution is 8.03. The number of ether oxygens (including phenoxy) is 1. The summed E-state index contributed by atoms with van der Waals surface area (Å²) in [5, 5.41) is 9.18. The Hall–Kier alpha value is -0.480. The monoisotopic (exact) mass is 202 g/mol. The summed E-state index contributed by atoms with van der Waals surface area (Å²) < 4.78 is 4.53. The average Bonchev–Trinajstić information content (AvgIpc) is 2.39. The van der Waals surface area contributed by atoms with E-state index in [-0.39, 0.29) is 0 Å². The van der Waals surface area contributed by atoms with Crippen LogP contribution in [0, 0.1) is 0 Å². The van der Waals surface area contributed by atoms with Gasteiger partial charge in [0.25, 0.3) is 0 Å². The van der Waals surface area contributed by atoms with E-state index >= 15 is 0 Å². The lowest BCUT2D eigenvalue weighted by atomic mass is 10.3. The molecule has 1 aliphatic rings. The van der Waals surface area contributed by atoms with Crippen molar-refractivity contribution in [2.24, 2.45) is 0 Å². The molecule has 1 unspecified atom stereocenters. The summed E-state index contributed by atoms with van der Waals surface area (Å²) in [6, 6.07) is 0. The lowest BCUT2D eigenvalue weighted by molar-refractivity contribution is -0.150. The van der Waals surface area contributed by atoms with Crippen LogP contribution < -0.4 is 0 Å². The number of cyclic esters (lactones) is 1. The zero-order valence-electron chi connectivity index (χ0n) is 7.66. The number of rotatable bonds is 5. The van der Waals surface area contributed by atoms with Crippen molar-refractivity contribution in [3.05, 3.63) is 11.0 Å². The Bertz CT molecular complexity index is 213. The Morgan fingerprint density at radius 3 is 2.92 bits per heavy atom. The first-order valence-corrected chi connectivity index (χ1v) is 5.45. The maximum atomic E-state index is 10.7. The van der Waals surface area contributed by atoms with E-state index in [1.54, 1.807) is 0 Å². The van der Waals surface area contributed by atoms with E-state index in [0.29, 0.717) is 4.91 Å². The lowest BCUT2D eigenvalue weighted by Crippen LogP contribution is -2.08. The van der Waals surface area contributed by atoms with Crippen LogP contribution in [0.15, 0.2) is 11.0 Å². The molecule has 1 aliphatic heterocycles. The van der Waals surface area contributed by atoms with E-state index in [4.69, 9.17) is 0 Å². The second-order valence-corrected chi connectivity index (χ2v) is 4.06. The minimum atomic E-state index is -1.01. The Balaban J connectivity index is 2.21. The molecule has 0 amide bonds. The summed E-state index contributed by atoms with van der Waals surface area (Å²) in [6.45, 7) is 2.14. The third kappa shape index (κ3) is 3.40. The second-order valence-electron chi connectivity index (χ2n) is 2.89. The maximum absolute atomic E-state index is 10.7. The minimum Gasteiger partial charge on any atom is -0.428 e. The highest BCUT2D eigenvalue weighted by Crippen LogP contribution is 2.26. The molecule has 0 bridgehead atoms. The van der Waals surface area contributed by atoms with Crippen molar-refractivity contribution in [2.45, 2.75) is 32.5 Å². The molecule has 4 heteroatoms. The number of aliphatic hydroxyl groups excluding tert-OH is 1. The number of unbranched alkanes of at least 4 members (excludes halogenated alkanes) is 2. The van der Waals surface area contributed by atoms with Gasteiger partial charge in [-0.15, -0.1) is 11.8 Å². The van der Waals surface area contributed by atoms with E-state index in [1.807, 2.05) is 0 Å². The van der Waals surface area contributed by atoms with Crippen molar-refractivity contribution in [1.82, 2.24) is 0 Å². The summed E-state index contributed by atoms with van der Waals surface area (Å²) in [6.07, 6.45) is 3.82. The van der Waals surface area contributed by atoms with Gasteiger partial charge in [0, 0.05) is 6.08 Å². The first-order valence-electron chi connectivity index (χ1n) is 4.47. The Labute approximate surface area is 82.2 Å². The van der Waals surface area contributed by atoms with Crippen molar-refractivity contribution < 1.29 is 14.6 Å². The van der Waals surface area contributed by atoms with Crippen molar-refractivity contribution in [3.63, 3.8) is 0 Å². The number of hydrogen-bond donors (Lipinski definition) is 1. The van der Waals surface area contributed by atoms with Gasteiger partial charge in [0.1, 0.15) is 0 Å². The SMILES string of the molecule is CCCCCSC1=CC(=O)OC1O. The van der Waals surface area contributed by atoms with Crippen molar-refractivity contribution in [3.8, 4) is 0 Å². The van der Waals surface area contributed by atoms with E-state index < -0.39 is 12.3 Å². The van der Waals surface area contributed by atoms with E-state index in [1.165, 1.54) is 30.7 Å². The van der Waals surface area contributed by atoms with Crippen LogP contribution >= 0.6 is 11.8 Å². The number of carbonyl (C=O) groups is 1. The van der Waals surface area contributed by atoms with Crippen LogP contribution in [0.5, 0.6) is 0 Å². The molecule has 0 saturated heterocycles. The predicted octanol–water partition coefficient (Wildman–Crippen LogP) is 1.67. The van der Waals surface area contributed by atoms with Gasteiger partial charge >= 0.3 is 5.97 Å². The number of aliphatic hydroxyl groups is 1. The minimum absolute atomic E-state index is 0.439. The maximum Gasteiger partial charge on any atom is 0.334 e. The van der Waals surface area contributed by atoms with Crippen LogP contribution in [0.4, 0.5) is 0 Å².